The van der Waals surface area contributed by atoms with Crippen molar-refractivity contribution in [3.05, 3.63) is 29.8 Å². The fourth-order valence-electron chi connectivity index (χ4n) is 2.04. The highest BCUT2D eigenvalue weighted by molar-refractivity contribution is 8.00. The summed E-state index contributed by atoms with van der Waals surface area (Å²) in [6, 6.07) is 7.31. The molecule has 20 heavy (non-hydrogen) atoms. The van der Waals surface area contributed by atoms with Crippen molar-refractivity contribution < 1.29 is 14.3 Å². The Kier molecular flexibility index (Phi) is 5.29. The molecule has 1 fully saturated rings. The van der Waals surface area contributed by atoms with Crippen LogP contribution in [0.4, 0.5) is 0 Å². The van der Waals surface area contributed by atoms with Crippen LogP contribution in [-0.4, -0.2) is 43.0 Å². The summed E-state index contributed by atoms with van der Waals surface area (Å²) < 4.78 is 5.26. The standard InChI is InChI=1S/C14H18N2O3S/c1-19-12-5-3-2-4-10(12)6-7-15-14(18)11-8-20-9-13(17)16-11/h2-5,11H,6-9H2,1H3,(H,15,18)(H,16,17). The number of rotatable bonds is 5. The van der Waals surface area contributed by atoms with E-state index in [0.717, 1.165) is 11.3 Å². The van der Waals surface area contributed by atoms with E-state index in [1.165, 1.54) is 11.8 Å². The van der Waals surface area contributed by atoms with Crippen LogP contribution in [0.5, 0.6) is 5.75 Å². The predicted molar refractivity (Wildman–Crippen MR) is 79.0 cm³/mol. The van der Waals surface area contributed by atoms with E-state index in [2.05, 4.69) is 10.6 Å². The first-order chi connectivity index (χ1) is 9.70. The maximum absolute atomic E-state index is 11.9. The third-order valence-corrected chi connectivity index (χ3v) is 4.09. The summed E-state index contributed by atoms with van der Waals surface area (Å²) >= 11 is 1.48. The highest BCUT2D eigenvalue weighted by atomic mass is 32.2. The van der Waals surface area contributed by atoms with Gasteiger partial charge in [-0.1, -0.05) is 18.2 Å². The van der Waals surface area contributed by atoms with E-state index in [4.69, 9.17) is 4.74 Å². The number of hydrogen-bond donors (Lipinski definition) is 2. The summed E-state index contributed by atoms with van der Waals surface area (Å²) in [4.78, 5) is 23.1. The second kappa shape index (κ2) is 7.19. The molecule has 0 aliphatic carbocycles. The molecule has 6 heteroatoms. The third kappa shape index (κ3) is 3.90. The number of amides is 2. The summed E-state index contributed by atoms with van der Waals surface area (Å²) in [5.74, 6) is 1.69. The number of para-hydroxylation sites is 1. The van der Waals surface area contributed by atoms with Gasteiger partial charge >= 0.3 is 0 Å². The van der Waals surface area contributed by atoms with Crippen LogP contribution in [-0.2, 0) is 16.0 Å². The zero-order chi connectivity index (χ0) is 14.4. The van der Waals surface area contributed by atoms with Gasteiger partial charge < -0.3 is 15.4 Å². The first kappa shape index (κ1) is 14.7. The molecule has 0 saturated carbocycles. The van der Waals surface area contributed by atoms with E-state index in [9.17, 15) is 9.59 Å². The van der Waals surface area contributed by atoms with E-state index >= 15 is 0 Å². The molecule has 0 radical (unpaired) electrons. The predicted octanol–water partition coefficient (Wildman–Crippen LogP) is 0.585. The van der Waals surface area contributed by atoms with Crippen LogP contribution in [0, 0.1) is 0 Å². The Balaban J connectivity index is 1.80. The largest absolute Gasteiger partial charge is 0.496 e. The zero-order valence-electron chi connectivity index (χ0n) is 11.3. The molecule has 5 nitrogen and oxygen atoms in total. The van der Waals surface area contributed by atoms with E-state index in [0.29, 0.717) is 24.5 Å². The number of hydrogen-bond acceptors (Lipinski definition) is 4. The van der Waals surface area contributed by atoms with Crippen LogP contribution < -0.4 is 15.4 Å². The second-order valence-electron chi connectivity index (χ2n) is 4.49. The molecule has 1 aliphatic rings. The summed E-state index contributed by atoms with van der Waals surface area (Å²) in [6.45, 7) is 0.524. The molecule has 1 saturated heterocycles. The van der Waals surface area contributed by atoms with E-state index in [1.54, 1.807) is 7.11 Å². The number of ether oxygens (including phenoxy) is 1. The van der Waals surface area contributed by atoms with Crippen molar-refractivity contribution in [1.82, 2.24) is 10.6 Å². The molecule has 1 aromatic rings. The molecule has 1 atom stereocenters. The normalized spacial score (nSPS) is 18.2. The van der Waals surface area contributed by atoms with Crippen molar-refractivity contribution >= 4 is 23.6 Å². The lowest BCUT2D eigenvalue weighted by molar-refractivity contribution is -0.127. The van der Waals surface area contributed by atoms with Crippen LogP contribution in [0.15, 0.2) is 24.3 Å². The molecular formula is C14H18N2O3S. The number of benzene rings is 1. The molecule has 2 rings (SSSR count). The second-order valence-corrected chi connectivity index (χ2v) is 5.52. The highest BCUT2D eigenvalue weighted by Crippen LogP contribution is 2.17. The van der Waals surface area contributed by atoms with Crippen LogP contribution in [0.2, 0.25) is 0 Å². The minimum Gasteiger partial charge on any atom is -0.496 e. The Morgan fingerprint density at radius 1 is 1.50 bits per heavy atom. The zero-order valence-corrected chi connectivity index (χ0v) is 12.2. The Labute approximate surface area is 122 Å². The smallest absolute Gasteiger partial charge is 0.243 e. The number of nitrogens with one attached hydrogen (secondary N) is 2. The van der Waals surface area contributed by atoms with Crippen molar-refractivity contribution in [3.63, 3.8) is 0 Å². The maximum atomic E-state index is 11.9. The molecule has 1 unspecified atom stereocenters. The molecule has 0 bridgehead atoms. The quantitative estimate of drug-likeness (QED) is 0.834. The van der Waals surface area contributed by atoms with Gasteiger partial charge in [-0.15, -0.1) is 11.8 Å². The van der Waals surface area contributed by atoms with Crippen molar-refractivity contribution in [3.8, 4) is 5.75 Å². The average molecular weight is 294 g/mol. The maximum Gasteiger partial charge on any atom is 0.243 e. The van der Waals surface area contributed by atoms with Gasteiger partial charge in [-0.2, -0.15) is 0 Å². The first-order valence-corrected chi connectivity index (χ1v) is 7.63. The molecular weight excluding hydrogens is 276 g/mol. The van der Waals surface area contributed by atoms with Crippen molar-refractivity contribution in [2.45, 2.75) is 12.5 Å². The fourth-order valence-corrected chi connectivity index (χ4v) is 2.90. The Morgan fingerprint density at radius 3 is 3.05 bits per heavy atom. The van der Waals surface area contributed by atoms with Crippen molar-refractivity contribution in [2.24, 2.45) is 0 Å². The topological polar surface area (TPSA) is 67.4 Å². The van der Waals surface area contributed by atoms with Crippen LogP contribution in [0.3, 0.4) is 0 Å². The van der Waals surface area contributed by atoms with Gasteiger partial charge in [0, 0.05) is 12.3 Å². The molecule has 2 N–H and O–H groups in total. The number of carbonyl (C=O) groups is 2. The molecule has 1 aliphatic heterocycles. The summed E-state index contributed by atoms with van der Waals surface area (Å²) in [7, 11) is 1.63. The third-order valence-electron chi connectivity index (χ3n) is 3.06. The van der Waals surface area contributed by atoms with E-state index < -0.39 is 6.04 Å². The average Bonchev–Trinajstić information content (AvgIpc) is 2.47. The van der Waals surface area contributed by atoms with Gasteiger partial charge in [0.1, 0.15) is 11.8 Å². The van der Waals surface area contributed by atoms with Gasteiger partial charge in [0.05, 0.1) is 12.9 Å². The monoisotopic (exact) mass is 294 g/mol. The van der Waals surface area contributed by atoms with Gasteiger partial charge in [-0.3, -0.25) is 9.59 Å². The van der Waals surface area contributed by atoms with Gasteiger partial charge in [0.15, 0.2) is 0 Å². The Bertz CT molecular complexity index is 493. The minimum atomic E-state index is -0.418. The van der Waals surface area contributed by atoms with Crippen molar-refractivity contribution in [2.75, 3.05) is 25.2 Å². The fraction of sp³-hybridized carbons (Fsp3) is 0.429. The minimum absolute atomic E-state index is 0.0777. The van der Waals surface area contributed by atoms with Crippen LogP contribution in [0.25, 0.3) is 0 Å². The molecule has 0 aromatic heterocycles. The van der Waals surface area contributed by atoms with E-state index in [-0.39, 0.29) is 11.8 Å². The Morgan fingerprint density at radius 2 is 2.30 bits per heavy atom. The molecule has 1 heterocycles. The number of carbonyl (C=O) groups excluding carboxylic acids is 2. The molecule has 2 amide bonds. The molecule has 108 valence electrons. The lowest BCUT2D eigenvalue weighted by Gasteiger charge is -2.22. The summed E-state index contributed by atoms with van der Waals surface area (Å²) in [5.41, 5.74) is 1.05. The summed E-state index contributed by atoms with van der Waals surface area (Å²) in [5, 5.41) is 5.54. The molecule has 1 aromatic carbocycles. The highest BCUT2D eigenvalue weighted by Gasteiger charge is 2.24. The summed E-state index contributed by atoms with van der Waals surface area (Å²) in [6.07, 6.45) is 0.698. The number of thioether (sulfide) groups is 1. The SMILES string of the molecule is COc1ccccc1CCNC(=O)C1CSCC(=O)N1. The van der Waals surface area contributed by atoms with Crippen LogP contribution in [0.1, 0.15) is 5.56 Å². The van der Waals surface area contributed by atoms with E-state index in [1.807, 2.05) is 24.3 Å². The lowest BCUT2D eigenvalue weighted by atomic mass is 10.1. The van der Waals surface area contributed by atoms with Gasteiger partial charge in [-0.05, 0) is 18.1 Å². The molecule has 0 spiro atoms. The number of methoxy groups -OCH3 is 1. The lowest BCUT2D eigenvalue weighted by Crippen LogP contribution is -2.51. The van der Waals surface area contributed by atoms with Crippen LogP contribution >= 0.6 is 11.8 Å². The van der Waals surface area contributed by atoms with Gasteiger partial charge in [-0.25, -0.2) is 0 Å². The Hall–Kier alpha value is -1.69. The van der Waals surface area contributed by atoms with Gasteiger partial charge in [0.2, 0.25) is 11.8 Å². The van der Waals surface area contributed by atoms with Crippen molar-refractivity contribution in [1.29, 1.82) is 0 Å². The van der Waals surface area contributed by atoms with Gasteiger partial charge in [0.25, 0.3) is 0 Å². The first-order valence-electron chi connectivity index (χ1n) is 6.47.